The Morgan fingerprint density at radius 2 is 2.33 bits per heavy atom. The van der Waals surface area contributed by atoms with Gasteiger partial charge in [-0.3, -0.25) is 4.79 Å². The van der Waals surface area contributed by atoms with Crippen LogP contribution in [0, 0.1) is 17.3 Å². The molecule has 0 heterocycles. The maximum Gasteiger partial charge on any atom is 0.136 e. The van der Waals surface area contributed by atoms with Gasteiger partial charge in [0.15, 0.2) is 0 Å². The van der Waals surface area contributed by atoms with Crippen molar-refractivity contribution in [3.63, 3.8) is 0 Å². The average molecular weight is 162 g/mol. The third-order valence-corrected chi connectivity index (χ3v) is 4.25. The van der Waals surface area contributed by atoms with Crippen molar-refractivity contribution in [2.24, 2.45) is 17.3 Å². The molecule has 0 radical (unpaired) electrons. The van der Waals surface area contributed by atoms with E-state index in [1.54, 1.807) is 0 Å². The Morgan fingerprint density at radius 1 is 1.42 bits per heavy atom. The molecule has 0 bridgehead atoms. The first-order valence-electron chi connectivity index (χ1n) is 5.03. The molecule has 3 atom stereocenters. The van der Waals surface area contributed by atoms with Crippen LogP contribution in [0.1, 0.15) is 32.1 Å². The van der Waals surface area contributed by atoms with Crippen molar-refractivity contribution >= 4 is 5.78 Å². The quantitative estimate of drug-likeness (QED) is 0.499. The second-order valence-corrected chi connectivity index (χ2v) is 4.54. The Kier molecular flexibility index (Phi) is 1.15. The molecule has 64 valence electrons. The molecule has 0 aliphatic heterocycles. The van der Waals surface area contributed by atoms with Gasteiger partial charge in [-0.15, -0.1) is 0 Å². The van der Waals surface area contributed by atoms with E-state index in [4.69, 9.17) is 0 Å². The second-order valence-electron chi connectivity index (χ2n) is 4.54. The van der Waals surface area contributed by atoms with Crippen molar-refractivity contribution in [3.05, 3.63) is 12.2 Å². The summed E-state index contributed by atoms with van der Waals surface area (Å²) >= 11 is 0. The first kappa shape index (κ1) is 6.88. The molecule has 0 unspecified atom stereocenters. The predicted octanol–water partition coefficient (Wildman–Crippen LogP) is 2.32. The lowest BCUT2D eigenvalue weighted by molar-refractivity contribution is -0.121. The summed E-state index contributed by atoms with van der Waals surface area (Å²) in [6.07, 6.45) is 10.4. The molecule has 0 saturated heterocycles. The van der Waals surface area contributed by atoms with Crippen LogP contribution in [0.5, 0.6) is 0 Å². The fourth-order valence-electron chi connectivity index (χ4n) is 3.67. The lowest BCUT2D eigenvalue weighted by Crippen LogP contribution is -2.23. The normalized spacial score (nSPS) is 49.8. The number of hydrogen-bond donors (Lipinski definition) is 0. The van der Waals surface area contributed by atoms with Gasteiger partial charge in [0.25, 0.3) is 0 Å². The van der Waals surface area contributed by atoms with E-state index < -0.39 is 0 Å². The Hall–Kier alpha value is -0.590. The van der Waals surface area contributed by atoms with Crippen molar-refractivity contribution < 1.29 is 4.79 Å². The molecular weight excluding hydrogens is 148 g/mol. The van der Waals surface area contributed by atoms with Crippen LogP contribution in [0.2, 0.25) is 0 Å². The number of carbonyl (C=O) groups excluding carboxylic acids is 1. The molecular formula is C11H14O. The van der Waals surface area contributed by atoms with E-state index >= 15 is 0 Å². The molecule has 1 nitrogen and oxygen atoms in total. The van der Waals surface area contributed by atoms with Crippen LogP contribution < -0.4 is 0 Å². The highest BCUT2D eigenvalue weighted by atomic mass is 16.1. The van der Waals surface area contributed by atoms with Crippen molar-refractivity contribution in [2.45, 2.75) is 32.1 Å². The number of allylic oxidation sites excluding steroid dienone is 2. The molecule has 0 amide bonds. The van der Waals surface area contributed by atoms with Gasteiger partial charge in [0.1, 0.15) is 5.78 Å². The molecule has 2 fully saturated rings. The third-order valence-electron chi connectivity index (χ3n) is 4.25. The van der Waals surface area contributed by atoms with E-state index in [1.807, 2.05) is 0 Å². The van der Waals surface area contributed by atoms with E-state index in [2.05, 4.69) is 12.2 Å². The zero-order chi connectivity index (χ0) is 8.18. The average Bonchev–Trinajstić information content (AvgIpc) is 2.62. The van der Waals surface area contributed by atoms with Gasteiger partial charge in [0, 0.05) is 17.8 Å². The maximum atomic E-state index is 11.6. The minimum absolute atomic E-state index is 0.358. The van der Waals surface area contributed by atoms with Gasteiger partial charge >= 0.3 is 0 Å². The van der Waals surface area contributed by atoms with Gasteiger partial charge in [-0.05, 0) is 31.6 Å². The molecule has 1 heteroatoms. The number of rotatable bonds is 0. The number of carbonyl (C=O) groups is 1. The van der Waals surface area contributed by atoms with Gasteiger partial charge in [0.2, 0.25) is 0 Å². The van der Waals surface area contributed by atoms with Gasteiger partial charge < -0.3 is 0 Å². The lowest BCUT2D eigenvalue weighted by atomic mass is 9.76. The first-order chi connectivity index (χ1) is 5.83. The minimum atomic E-state index is 0.358. The monoisotopic (exact) mass is 162 g/mol. The van der Waals surface area contributed by atoms with Gasteiger partial charge in [0.05, 0.1) is 0 Å². The van der Waals surface area contributed by atoms with Crippen LogP contribution in [0.4, 0.5) is 0 Å². The predicted molar refractivity (Wildman–Crippen MR) is 46.6 cm³/mol. The molecule has 0 aromatic rings. The lowest BCUT2D eigenvalue weighted by Gasteiger charge is -2.26. The zero-order valence-corrected chi connectivity index (χ0v) is 7.25. The van der Waals surface area contributed by atoms with Crippen LogP contribution in [-0.4, -0.2) is 5.78 Å². The molecule has 2 saturated carbocycles. The Morgan fingerprint density at radius 3 is 3.25 bits per heavy atom. The highest BCUT2D eigenvalue weighted by Crippen LogP contribution is 2.60. The highest BCUT2D eigenvalue weighted by Gasteiger charge is 2.55. The molecule has 0 aromatic carbocycles. The maximum absolute atomic E-state index is 11.6. The SMILES string of the molecule is O=C1CC[C@@]23C=CC[C@@H]2CC[C@@H]13. The summed E-state index contributed by atoms with van der Waals surface area (Å²) in [5.41, 5.74) is 0.358. The molecule has 1 spiro atoms. The van der Waals surface area contributed by atoms with Crippen molar-refractivity contribution in [3.8, 4) is 0 Å². The summed E-state index contributed by atoms with van der Waals surface area (Å²) in [6, 6.07) is 0. The van der Waals surface area contributed by atoms with Gasteiger partial charge in [-0.25, -0.2) is 0 Å². The summed E-state index contributed by atoms with van der Waals surface area (Å²) in [7, 11) is 0. The Labute approximate surface area is 72.8 Å². The Bertz CT molecular complexity index is 266. The molecule has 12 heavy (non-hydrogen) atoms. The summed E-state index contributed by atoms with van der Waals surface area (Å²) in [5.74, 6) is 1.79. The van der Waals surface area contributed by atoms with E-state index in [0.29, 0.717) is 17.1 Å². The van der Waals surface area contributed by atoms with E-state index in [-0.39, 0.29) is 0 Å². The van der Waals surface area contributed by atoms with Crippen molar-refractivity contribution in [2.75, 3.05) is 0 Å². The van der Waals surface area contributed by atoms with Crippen LogP contribution in [0.25, 0.3) is 0 Å². The van der Waals surface area contributed by atoms with Crippen LogP contribution in [-0.2, 0) is 4.79 Å². The standard InChI is InChI=1S/C11H14O/c12-10-5-7-11-6-1-2-8(11)3-4-9(10)11/h1,6,8-9H,2-5,7H2/t8-,9+,11+/m1/s1. The minimum Gasteiger partial charge on any atom is -0.299 e. The second kappa shape index (κ2) is 2.01. The number of Topliss-reactive ketones (excluding diaryl/α,β-unsaturated/α-hetero) is 1. The third kappa shape index (κ3) is 0.596. The van der Waals surface area contributed by atoms with E-state index in [9.17, 15) is 4.79 Å². The highest BCUT2D eigenvalue weighted by molar-refractivity contribution is 5.85. The molecule has 0 aromatic heterocycles. The van der Waals surface area contributed by atoms with Crippen molar-refractivity contribution in [1.29, 1.82) is 0 Å². The summed E-state index contributed by atoms with van der Waals surface area (Å²) < 4.78 is 0. The molecule has 3 rings (SSSR count). The summed E-state index contributed by atoms with van der Waals surface area (Å²) in [4.78, 5) is 11.6. The largest absolute Gasteiger partial charge is 0.299 e. The fraction of sp³-hybridized carbons (Fsp3) is 0.727. The van der Waals surface area contributed by atoms with Crippen LogP contribution >= 0.6 is 0 Å². The number of hydrogen-bond acceptors (Lipinski definition) is 1. The molecule has 0 N–H and O–H groups in total. The van der Waals surface area contributed by atoms with Gasteiger partial charge in [-0.2, -0.15) is 0 Å². The topological polar surface area (TPSA) is 17.1 Å². The van der Waals surface area contributed by atoms with Gasteiger partial charge in [-0.1, -0.05) is 12.2 Å². The molecule has 3 aliphatic rings. The molecule has 3 aliphatic carbocycles. The smallest absolute Gasteiger partial charge is 0.136 e. The summed E-state index contributed by atoms with van der Waals surface area (Å²) in [5, 5.41) is 0. The van der Waals surface area contributed by atoms with Crippen molar-refractivity contribution in [1.82, 2.24) is 0 Å². The number of ketones is 1. The zero-order valence-electron chi connectivity index (χ0n) is 7.25. The van der Waals surface area contributed by atoms with E-state index in [0.717, 1.165) is 18.8 Å². The van der Waals surface area contributed by atoms with Crippen LogP contribution in [0.3, 0.4) is 0 Å². The van der Waals surface area contributed by atoms with E-state index in [1.165, 1.54) is 19.3 Å². The Balaban J connectivity index is 2.07. The fourth-order valence-corrected chi connectivity index (χ4v) is 3.67. The van der Waals surface area contributed by atoms with Crippen LogP contribution in [0.15, 0.2) is 12.2 Å². The summed E-state index contributed by atoms with van der Waals surface area (Å²) in [6.45, 7) is 0. The first-order valence-corrected chi connectivity index (χ1v) is 5.03.